The molecule has 0 radical (unpaired) electrons. The Labute approximate surface area is 129 Å². The van der Waals surface area contributed by atoms with Crippen molar-refractivity contribution in [2.45, 2.75) is 44.7 Å². The molecule has 0 N–H and O–H groups in total. The van der Waals surface area contributed by atoms with Gasteiger partial charge in [-0.05, 0) is 68.1 Å². The number of benzene rings is 1. The molecule has 0 spiro atoms. The number of halogens is 4. The number of rotatable bonds is 3. The lowest BCUT2D eigenvalue weighted by Crippen LogP contribution is -2.41. The third-order valence-corrected chi connectivity index (χ3v) is 4.77. The Morgan fingerprint density at radius 2 is 1.86 bits per heavy atom. The molecule has 21 heavy (non-hydrogen) atoms. The van der Waals surface area contributed by atoms with Crippen LogP contribution in [-0.2, 0) is 11.6 Å². The Morgan fingerprint density at radius 1 is 1.24 bits per heavy atom. The van der Waals surface area contributed by atoms with Crippen LogP contribution in [-0.4, -0.2) is 24.5 Å². The van der Waals surface area contributed by atoms with Crippen LogP contribution >= 0.6 is 11.6 Å². The van der Waals surface area contributed by atoms with Crippen LogP contribution < -0.4 is 0 Å². The van der Waals surface area contributed by atoms with E-state index < -0.39 is 11.7 Å². The van der Waals surface area contributed by atoms with Crippen LogP contribution in [0.25, 0.3) is 0 Å². The maximum atomic E-state index is 12.9. The molecule has 0 amide bonds. The maximum Gasteiger partial charge on any atom is 0.416 e. The zero-order valence-electron chi connectivity index (χ0n) is 12.4. The molecule has 0 atom stereocenters. The molecule has 5 heteroatoms. The Morgan fingerprint density at radius 3 is 2.38 bits per heavy atom. The van der Waals surface area contributed by atoms with E-state index in [0.29, 0.717) is 10.6 Å². The van der Waals surface area contributed by atoms with E-state index in [9.17, 15) is 13.2 Å². The fourth-order valence-corrected chi connectivity index (χ4v) is 3.37. The van der Waals surface area contributed by atoms with Crippen LogP contribution in [0.1, 0.15) is 44.2 Å². The minimum atomic E-state index is -4.32. The number of piperidine rings is 1. The molecule has 1 saturated heterocycles. The molecule has 2 rings (SSSR count). The first-order chi connectivity index (χ1) is 9.76. The molecular formula is C16H21ClF3N. The predicted octanol–water partition coefficient (Wildman–Crippen LogP) is 5.12. The SMILES string of the molecule is CCCN1CCC(C)(c2cc(C(F)(F)F)ccc2Cl)CC1. The summed E-state index contributed by atoms with van der Waals surface area (Å²) in [5, 5.41) is 0.439. The first-order valence-electron chi connectivity index (χ1n) is 7.36. The van der Waals surface area contributed by atoms with E-state index in [2.05, 4.69) is 11.8 Å². The first-order valence-corrected chi connectivity index (χ1v) is 7.73. The van der Waals surface area contributed by atoms with Crippen LogP contribution in [0, 0.1) is 0 Å². The van der Waals surface area contributed by atoms with Gasteiger partial charge in [0.25, 0.3) is 0 Å². The molecular weight excluding hydrogens is 299 g/mol. The average Bonchev–Trinajstić information content (AvgIpc) is 2.41. The summed E-state index contributed by atoms with van der Waals surface area (Å²) < 4.78 is 38.7. The second-order valence-corrected chi connectivity index (χ2v) is 6.50. The highest BCUT2D eigenvalue weighted by Crippen LogP contribution is 2.41. The summed E-state index contributed by atoms with van der Waals surface area (Å²) in [5.74, 6) is 0. The molecule has 0 bridgehead atoms. The van der Waals surface area contributed by atoms with Gasteiger partial charge in [-0.1, -0.05) is 25.4 Å². The summed E-state index contributed by atoms with van der Waals surface area (Å²) in [4.78, 5) is 2.36. The monoisotopic (exact) mass is 319 g/mol. The van der Waals surface area contributed by atoms with Gasteiger partial charge in [-0.3, -0.25) is 0 Å². The topological polar surface area (TPSA) is 3.24 Å². The number of alkyl halides is 3. The van der Waals surface area contributed by atoms with Crippen molar-refractivity contribution in [2.75, 3.05) is 19.6 Å². The van der Waals surface area contributed by atoms with Crippen molar-refractivity contribution in [3.05, 3.63) is 34.3 Å². The van der Waals surface area contributed by atoms with Gasteiger partial charge in [0.15, 0.2) is 0 Å². The largest absolute Gasteiger partial charge is 0.416 e. The van der Waals surface area contributed by atoms with Gasteiger partial charge in [-0.2, -0.15) is 13.2 Å². The molecule has 1 aromatic carbocycles. The second-order valence-electron chi connectivity index (χ2n) is 6.09. The molecule has 118 valence electrons. The first kappa shape index (κ1) is 16.6. The van der Waals surface area contributed by atoms with Gasteiger partial charge in [0.2, 0.25) is 0 Å². The number of hydrogen-bond acceptors (Lipinski definition) is 1. The average molecular weight is 320 g/mol. The van der Waals surface area contributed by atoms with E-state index >= 15 is 0 Å². The van der Waals surface area contributed by atoms with Gasteiger partial charge >= 0.3 is 6.18 Å². The summed E-state index contributed by atoms with van der Waals surface area (Å²) in [5.41, 5.74) is -0.253. The molecule has 0 aromatic heterocycles. The summed E-state index contributed by atoms with van der Waals surface area (Å²) in [6.45, 7) is 7.04. The fraction of sp³-hybridized carbons (Fsp3) is 0.625. The quantitative estimate of drug-likeness (QED) is 0.747. The lowest BCUT2D eigenvalue weighted by atomic mass is 9.74. The van der Waals surface area contributed by atoms with Crippen LogP contribution in [0.5, 0.6) is 0 Å². The zero-order chi connectivity index (χ0) is 15.7. The number of nitrogens with zero attached hydrogens (tertiary/aromatic N) is 1. The molecule has 0 unspecified atom stereocenters. The molecule has 1 heterocycles. The van der Waals surface area contributed by atoms with Gasteiger partial charge in [0.05, 0.1) is 5.56 Å². The Bertz CT molecular complexity index is 491. The third kappa shape index (κ3) is 3.72. The Hall–Kier alpha value is -0.740. The summed E-state index contributed by atoms with van der Waals surface area (Å²) in [7, 11) is 0. The molecule has 1 aliphatic heterocycles. The Kier molecular flexibility index (Phi) is 4.89. The third-order valence-electron chi connectivity index (χ3n) is 4.44. The van der Waals surface area contributed by atoms with Gasteiger partial charge in [0, 0.05) is 5.02 Å². The minimum Gasteiger partial charge on any atom is -0.303 e. The zero-order valence-corrected chi connectivity index (χ0v) is 13.2. The summed E-state index contributed by atoms with van der Waals surface area (Å²) in [6, 6.07) is 3.67. The van der Waals surface area contributed by atoms with Crippen LogP contribution in [0.15, 0.2) is 18.2 Å². The van der Waals surface area contributed by atoms with Crippen LogP contribution in [0.2, 0.25) is 5.02 Å². The lowest BCUT2D eigenvalue weighted by Gasteiger charge is -2.40. The molecule has 1 nitrogen and oxygen atoms in total. The van der Waals surface area contributed by atoms with E-state index in [1.165, 1.54) is 12.1 Å². The molecule has 0 aliphatic carbocycles. The highest BCUT2D eigenvalue weighted by atomic mass is 35.5. The summed E-state index contributed by atoms with van der Waals surface area (Å²) in [6.07, 6.45) is -1.54. The van der Waals surface area contributed by atoms with Crippen molar-refractivity contribution in [2.24, 2.45) is 0 Å². The van der Waals surface area contributed by atoms with Crippen molar-refractivity contribution in [1.82, 2.24) is 4.90 Å². The lowest BCUT2D eigenvalue weighted by molar-refractivity contribution is -0.137. The van der Waals surface area contributed by atoms with E-state index in [-0.39, 0.29) is 5.41 Å². The van der Waals surface area contributed by atoms with E-state index in [0.717, 1.165) is 45.0 Å². The van der Waals surface area contributed by atoms with Gasteiger partial charge in [-0.15, -0.1) is 0 Å². The standard InChI is InChI=1S/C16H21ClF3N/c1-3-8-21-9-6-15(2,7-10-21)13-11-12(16(18,19)20)4-5-14(13)17/h4-5,11H,3,6-10H2,1-2H3. The van der Waals surface area contributed by atoms with Gasteiger partial charge in [0.1, 0.15) is 0 Å². The molecule has 0 saturated carbocycles. The number of likely N-dealkylation sites (tertiary alicyclic amines) is 1. The molecule has 1 aromatic rings. The van der Waals surface area contributed by atoms with Gasteiger partial charge < -0.3 is 4.90 Å². The Balaban J connectivity index is 2.25. The fourth-order valence-electron chi connectivity index (χ4n) is 3.02. The van der Waals surface area contributed by atoms with Gasteiger partial charge in [-0.25, -0.2) is 0 Å². The van der Waals surface area contributed by atoms with E-state index in [1.54, 1.807) is 0 Å². The predicted molar refractivity (Wildman–Crippen MR) is 79.8 cm³/mol. The maximum absolute atomic E-state index is 12.9. The van der Waals surface area contributed by atoms with Crippen molar-refractivity contribution >= 4 is 11.6 Å². The van der Waals surface area contributed by atoms with Crippen molar-refractivity contribution in [3.8, 4) is 0 Å². The normalized spacial score (nSPS) is 19.7. The highest BCUT2D eigenvalue weighted by Gasteiger charge is 2.36. The highest BCUT2D eigenvalue weighted by molar-refractivity contribution is 6.31. The summed E-state index contributed by atoms with van der Waals surface area (Å²) >= 11 is 6.19. The van der Waals surface area contributed by atoms with E-state index in [1.807, 2.05) is 6.92 Å². The van der Waals surface area contributed by atoms with Crippen molar-refractivity contribution in [1.29, 1.82) is 0 Å². The van der Waals surface area contributed by atoms with Crippen molar-refractivity contribution in [3.63, 3.8) is 0 Å². The molecule has 1 aliphatic rings. The molecule has 1 fully saturated rings. The smallest absolute Gasteiger partial charge is 0.303 e. The minimum absolute atomic E-state index is 0.275. The van der Waals surface area contributed by atoms with Crippen LogP contribution in [0.4, 0.5) is 13.2 Å². The van der Waals surface area contributed by atoms with E-state index in [4.69, 9.17) is 11.6 Å². The van der Waals surface area contributed by atoms with Crippen molar-refractivity contribution < 1.29 is 13.2 Å². The second kappa shape index (κ2) is 6.17. The van der Waals surface area contributed by atoms with Crippen LogP contribution in [0.3, 0.4) is 0 Å². The number of hydrogen-bond donors (Lipinski definition) is 0.